The maximum absolute atomic E-state index is 5.58. The summed E-state index contributed by atoms with van der Waals surface area (Å²) in [5, 5.41) is 0. The summed E-state index contributed by atoms with van der Waals surface area (Å²) in [4.78, 5) is 0. The van der Waals surface area contributed by atoms with Gasteiger partial charge in [0, 0.05) is 6.42 Å². The quantitative estimate of drug-likeness (QED) is 0.500. The summed E-state index contributed by atoms with van der Waals surface area (Å²) < 4.78 is 5.58. The summed E-state index contributed by atoms with van der Waals surface area (Å²) in [6, 6.07) is 0. The normalized spacial score (nSPS) is 46.0. The van der Waals surface area contributed by atoms with E-state index in [2.05, 4.69) is 52.0 Å². The Labute approximate surface area is 161 Å². The molecule has 0 aromatic carbocycles. The Morgan fingerprint density at radius 2 is 1.96 bits per heavy atom. The highest BCUT2D eigenvalue weighted by molar-refractivity contribution is 5.35. The van der Waals surface area contributed by atoms with Crippen molar-refractivity contribution in [3.05, 3.63) is 35.6 Å². The molecule has 7 unspecified atom stereocenters. The third-order valence-electron chi connectivity index (χ3n) is 9.20. The summed E-state index contributed by atoms with van der Waals surface area (Å²) in [6.07, 6.45) is 19.2. The average Bonchev–Trinajstić information content (AvgIpc) is 2.98. The molecule has 1 nitrogen and oxygen atoms in total. The number of hydrogen-bond acceptors (Lipinski definition) is 1. The van der Waals surface area contributed by atoms with Gasteiger partial charge in [0.25, 0.3) is 0 Å². The highest BCUT2D eigenvalue weighted by atomic mass is 16.5. The highest BCUT2D eigenvalue weighted by Gasteiger charge is 2.58. The van der Waals surface area contributed by atoms with Crippen LogP contribution in [-0.4, -0.2) is 7.11 Å². The molecule has 0 aliphatic heterocycles. The van der Waals surface area contributed by atoms with E-state index in [-0.39, 0.29) is 0 Å². The van der Waals surface area contributed by atoms with Gasteiger partial charge in [-0.15, -0.1) is 0 Å². The second-order valence-corrected chi connectivity index (χ2v) is 10.1. The lowest BCUT2D eigenvalue weighted by atomic mass is 9.47. The molecule has 0 spiro atoms. The Morgan fingerprint density at radius 3 is 2.69 bits per heavy atom. The van der Waals surface area contributed by atoms with Gasteiger partial charge in [0.2, 0.25) is 0 Å². The molecule has 144 valence electrons. The smallest absolute Gasteiger partial charge is 0.0958 e. The van der Waals surface area contributed by atoms with E-state index in [9.17, 15) is 0 Å². The van der Waals surface area contributed by atoms with Gasteiger partial charge < -0.3 is 4.74 Å². The second-order valence-electron chi connectivity index (χ2n) is 10.1. The van der Waals surface area contributed by atoms with Crippen LogP contribution in [0.3, 0.4) is 0 Å². The van der Waals surface area contributed by atoms with Crippen LogP contribution < -0.4 is 0 Å². The van der Waals surface area contributed by atoms with Crippen molar-refractivity contribution in [1.29, 1.82) is 0 Å². The van der Waals surface area contributed by atoms with Crippen molar-refractivity contribution in [2.24, 2.45) is 40.4 Å². The maximum atomic E-state index is 5.58. The van der Waals surface area contributed by atoms with E-state index < -0.39 is 0 Å². The molecule has 4 aliphatic rings. The lowest BCUT2D eigenvalue weighted by Crippen LogP contribution is -2.49. The maximum Gasteiger partial charge on any atom is 0.0958 e. The van der Waals surface area contributed by atoms with Crippen LogP contribution >= 0.6 is 0 Å². The minimum Gasteiger partial charge on any atom is -0.501 e. The fourth-order valence-corrected chi connectivity index (χ4v) is 7.80. The number of allylic oxidation sites excluding steroid dienone is 6. The van der Waals surface area contributed by atoms with Crippen molar-refractivity contribution in [2.75, 3.05) is 7.11 Å². The fraction of sp³-hybridized carbons (Fsp3) is 0.760. The lowest BCUT2D eigenvalue weighted by Gasteiger charge is -2.57. The first kappa shape index (κ1) is 18.4. The van der Waals surface area contributed by atoms with Gasteiger partial charge in [0.15, 0.2) is 0 Å². The van der Waals surface area contributed by atoms with Gasteiger partial charge in [-0.2, -0.15) is 0 Å². The molecular formula is C25H38O. The van der Waals surface area contributed by atoms with Crippen molar-refractivity contribution >= 4 is 0 Å². The Kier molecular flexibility index (Phi) is 4.65. The fourth-order valence-electron chi connectivity index (χ4n) is 7.80. The third-order valence-corrected chi connectivity index (χ3v) is 9.20. The number of ether oxygens (including phenoxy) is 1. The molecule has 2 fully saturated rings. The second kappa shape index (κ2) is 6.57. The van der Waals surface area contributed by atoms with Crippen LogP contribution in [0, 0.1) is 40.4 Å². The zero-order valence-electron chi connectivity index (χ0n) is 17.6. The van der Waals surface area contributed by atoms with E-state index in [0.717, 1.165) is 36.0 Å². The number of fused-ring (bicyclic) bond motifs is 5. The number of rotatable bonds is 3. The van der Waals surface area contributed by atoms with Crippen LogP contribution in [0.4, 0.5) is 0 Å². The van der Waals surface area contributed by atoms with Crippen molar-refractivity contribution in [1.82, 2.24) is 0 Å². The molecule has 4 aliphatic carbocycles. The standard InChI is InChI=1S/C25H38O/c1-6-7-17(2)21-10-11-22-20-9-8-18-16-19(26-5)12-14-24(18,3)23(20)13-15-25(21,22)4/h6-8,16-17,20-23H,9-15H2,1-5H3/b7-6+. The van der Waals surface area contributed by atoms with E-state index in [1.165, 1.54) is 44.3 Å². The van der Waals surface area contributed by atoms with Crippen LogP contribution in [0.15, 0.2) is 35.6 Å². The molecule has 0 N–H and O–H groups in total. The van der Waals surface area contributed by atoms with Gasteiger partial charge in [0.1, 0.15) is 0 Å². The molecule has 7 atom stereocenters. The Balaban J connectivity index is 1.63. The summed E-state index contributed by atoms with van der Waals surface area (Å²) >= 11 is 0. The van der Waals surface area contributed by atoms with Crippen molar-refractivity contribution in [3.8, 4) is 0 Å². The Bertz CT molecular complexity index is 641. The van der Waals surface area contributed by atoms with Gasteiger partial charge in [0.05, 0.1) is 12.9 Å². The number of methoxy groups -OCH3 is 1. The molecule has 0 aromatic heterocycles. The van der Waals surface area contributed by atoms with Crippen LogP contribution in [-0.2, 0) is 4.74 Å². The molecule has 0 aromatic rings. The molecule has 0 heterocycles. The third kappa shape index (κ3) is 2.56. The highest BCUT2D eigenvalue weighted by Crippen LogP contribution is 2.66. The molecule has 0 bridgehead atoms. The monoisotopic (exact) mass is 354 g/mol. The predicted octanol–water partition coefficient (Wildman–Crippen LogP) is 6.92. The SMILES string of the molecule is C/C=C/C(C)C1CCC2C3CC=C4C=C(OC)CCC4(C)C3CCC12C. The van der Waals surface area contributed by atoms with E-state index in [0.29, 0.717) is 10.8 Å². The van der Waals surface area contributed by atoms with E-state index in [4.69, 9.17) is 4.74 Å². The molecule has 1 heteroatoms. The predicted molar refractivity (Wildman–Crippen MR) is 110 cm³/mol. The molecule has 26 heavy (non-hydrogen) atoms. The summed E-state index contributed by atoms with van der Waals surface area (Å²) in [7, 11) is 1.83. The number of hydrogen-bond donors (Lipinski definition) is 0. The molecule has 0 radical (unpaired) electrons. The summed E-state index contributed by atoms with van der Waals surface area (Å²) in [5.41, 5.74) is 2.53. The van der Waals surface area contributed by atoms with E-state index in [1.54, 1.807) is 5.57 Å². The van der Waals surface area contributed by atoms with Crippen molar-refractivity contribution in [3.63, 3.8) is 0 Å². The first-order chi connectivity index (χ1) is 12.4. The minimum absolute atomic E-state index is 0.388. The first-order valence-electron chi connectivity index (χ1n) is 11.0. The summed E-state index contributed by atoms with van der Waals surface area (Å²) in [6.45, 7) is 9.86. The topological polar surface area (TPSA) is 9.23 Å². The van der Waals surface area contributed by atoms with Gasteiger partial charge in [-0.25, -0.2) is 0 Å². The van der Waals surface area contributed by atoms with Gasteiger partial charge >= 0.3 is 0 Å². The van der Waals surface area contributed by atoms with Crippen molar-refractivity contribution in [2.45, 2.75) is 72.6 Å². The van der Waals surface area contributed by atoms with Crippen LogP contribution in [0.5, 0.6) is 0 Å². The van der Waals surface area contributed by atoms with Crippen LogP contribution in [0.25, 0.3) is 0 Å². The Hall–Kier alpha value is -0.980. The molecule has 4 rings (SSSR count). The largest absolute Gasteiger partial charge is 0.501 e. The van der Waals surface area contributed by atoms with Gasteiger partial charge in [-0.05, 0) is 97.5 Å². The molecule has 0 amide bonds. The minimum atomic E-state index is 0.388. The molecule has 0 saturated heterocycles. The molecule has 2 saturated carbocycles. The van der Waals surface area contributed by atoms with Crippen molar-refractivity contribution < 1.29 is 4.74 Å². The molecular weight excluding hydrogens is 316 g/mol. The zero-order valence-corrected chi connectivity index (χ0v) is 17.6. The summed E-state index contributed by atoms with van der Waals surface area (Å²) in [5.74, 6) is 5.53. The van der Waals surface area contributed by atoms with Crippen LogP contribution in [0.2, 0.25) is 0 Å². The zero-order chi connectivity index (χ0) is 18.5. The van der Waals surface area contributed by atoms with Gasteiger partial charge in [-0.1, -0.05) is 39.0 Å². The van der Waals surface area contributed by atoms with Crippen LogP contribution in [0.1, 0.15) is 72.6 Å². The van der Waals surface area contributed by atoms with E-state index in [1.807, 2.05) is 7.11 Å². The Morgan fingerprint density at radius 1 is 1.15 bits per heavy atom. The van der Waals surface area contributed by atoms with E-state index >= 15 is 0 Å². The first-order valence-corrected chi connectivity index (χ1v) is 11.0. The lowest BCUT2D eigenvalue weighted by molar-refractivity contribution is -0.0425. The van der Waals surface area contributed by atoms with Gasteiger partial charge in [-0.3, -0.25) is 0 Å². The average molecular weight is 355 g/mol.